The molecule has 0 spiro atoms. The fraction of sp³-hybridized carbons (Fsp3) is 0.630. The molecule has 1 aromatic heterocycles. The Kier molecular flexibility index (Phi) is 14.9. The number of nitrogens with zero attached hydrogens (tertiary/aromatic N) is 2. The third kappa shape index (κ3) is 11.2. The van der Waals surface area contributed by atoms with Gasteiger partial charge in [-0.05, 0) is 50.8 Å². The number of halogens is 2. The van der Waals surface area contributed by atoms with Crippen molar-refractivity contribution >= 4 is 33.2 Å². The predicted octanol–water partition coefficient (Wildman–Crippen LogP) is 3.11. The number of unbranched alkanes of at least 4 members (excludes halogenated alkanes) is 3. The number of nitrogens with one attached hydrogen (secondary N) is 1. The van der Waals surface area contributed by atoms with Gasteiger partial charge in [-0.3, -0.25) is 23.7 Å². The molecule has 0 radical (unpaired) electrons. The van der Waals surface area contributed by atoms with E-state index in [2.05, 4.69) is 10.3 Å². The molecule has 2 atom stereocenters. The minimum Gasteiger partial charge on any atom is -0.466 e. The maximum Gasteiger partial charge on any atom is 0.407 e. The van der Waals surface area contributed by atoms with Crippen LogP contribution in [-0.2, 0) is 34.1 Å². The summed E-state index contributed by atoms with van der Waals surface area (Å²) >= 11 is 0. The number of esters is 1. The van der Waals surface area contributed by atoms with Crippen LogP contribution in [0, 0.1) is 0 Å². The first-order valence-electron chi connectivity index (χ1n) is 14.6. The Labute approximate surface area is 264 Å². The number of pyridine rings is 1. The van der Waals surface area contributed by atoms with Crippen LogP contribution in [0.15, 0.2) is 36.7 Å². The number of amides is 2. The predicted molar refractivity (Wildman–Crippen MR) is 158 cm³/mol. The highest BCUT2D eigenvalue weighted by Gasteiger charge is 2.58. The van der Waals surface area contributed by atoms with E-state index in [-0.39, 0.29) is 18.3 Å². The molecule has 19 heteroatoms. The van der Waals surface area contributed by atoms with Gasteiger partial charge in [0.2, 0.25) is 5.91 Å². The molecule has 2 heterocycles. The summed E-state index contributed by atoms with van der Waals surface area (Å²) in [5.74, 6) is -4.24. The molecule has 0 aliphatic carbocycles. The molecule has 1 aliphatic rings. The fourth-order valence-electron chi connectivity index (χ4n) is 4.71. The Morgan fingerprint density at radius 3 is 2.43 bits per heavy atom. The highest BCUT2D eigenvalue weighted by molar-refractivity contribution is 7.72. The molecule has 2 rings (SSSR count). The van der Waals surface area contributed by atoms with E-state index in [1.54, 1.807) is 11.8 Å². The van der Waals surface area contributed by atoms with E-state index in [1.807, 2.05) is 0 Å². The lowest BCUT2D eigenvalue weighted by molar-refractivity contribution is -0.143. The summed E-state index contributed by atoms with van der Waals surface area (Å²) in [6.45, 7) is 1.83. The molecule has 2 amide bonds. The van der Waals surface area contributed by atoms with Gasteiger partial charge in [-0.25, -0.2) is 4.79 Å². The number of aliphatic hydroxyl groups is 1. The first kappa shape index (κ1) is 39.4. The maximum atomic E-state index is 15.5. The van der Waals surface area contributed by atoms with E-state index in [1.165, 1.54) is 18.3 Å². The zero-order chi connectivity index (χ0) is 34.6. The second-order valence-corrected chi connectivity index (χ2v) is 14.6. The Hall–Kier alpha value is -2.78. The SMILES string of the molecule is CCOC(=O)CCCCCCN1C(=O)CC[C@@H]1/C=C/[C@@H](OC(=O)NCCCC(O)(P(=O)(O)O)P(=O)(O)O)C(F)(F)c1cccnc1. The number of rotatable bonds is 19. The minimum absolute atomic E-state index is 0.166. The van der Waals surface area contributed by atoms with Gasteiger partial charge >= 0.3 is 33.2 Å². The number of alkyl carbamates (subject to hydrolysis) is 1. The normalized spacial score (nSPS) is 16.9. The van der Waals surface area contributed by atoms with Crippen molar-refractivity contribution in [1.29, 1.82) is 0 Å². The topological polar surface area (TPSA) is 233 Å². The smallest absolute Gasteiger partial charge is 0.407 e. The van der Waals surface area contributed by atoms with Crippen molar-refractivity contribution in [3.8, 4) is 0 Å². The van der Waals surface area contributed by atoms with E-state index >= 15 is 8.78 Å². The number of ether oxygens (including phenoxy) is 2. The number of alkyl halides is 2. The fourth-order valence-corrected chi connectivity index (χ4v) is 6.96. The monoisotopic (exact) mass is 699 g/mol. The zero-order valence-electron chi connectivity index (χ0n) is 25.2. The molecule has 1 aliphatic heterocycles. The van der Waals surface area contributed by atoms with E-state index in [0.29, 0.717) is 38.8 Å². The Balaban J connectivity index is 2.07. The van der Waals surface area contributed by atoms with Crippen LogP contribution >= 0.6 is 15.2 Å². The van der Waals surface area contributed by atoms with Crippen LogP contribution in [0.4, 0.5) is 13.6 Å². The molecular formula is C27H41F2N3O12P2. The molecule has 46 heavy (non-hydrogen) atoms. The second kappa shape index (κ2) is 17.4. The lowest BCUT2D eigenvalue weighted by atomic mass is 10.0. The molecule has 0 saturated carbocycles. The van der Waals surface area contributed by atoms with Crippen LogP contribution in [0.2, 0.25) is 0 Å². The van der Waals surface area contributed by atoms with Crippen molar-refractivity contribution in [3.63, 3.8) is 0 Å². The molecule has 6 N–H and O–H groups in total. The number of hydrogen-bond donors (Lipinski definition) is 6. The van der Waals surface area contributed by atoms with E-state index < -0.39 is 69.4 Å². The first-order chi connectivity index (χ1) is 21.4. The second-order valence-electron chi connectivity index (χ2n) is 10.6. The summed E-state index contributed by atoms with van der Waals surface area (Å²) in [6, 6.07) is 1.79. The van der Waals surface area contributed by atoms with Gasteiger partial charge < -0.3 is 44.4 Å². The summed E-state index contributed by atoms with van der Waals surface area (Å²) in [5.41, 5.74) is -0.576. The number of hydrogen-bond acceptors (Lipinski definition) is 9. The average Bonchev–Trinajstić information content (AvgIpc) is 3.33. The molecule has 0 aromatic carbocycles. The highest BCUT2D eigenvalue weighted by atomic mass is 31.2. The van der Waals surface area contributed by atoms with Gasteiger partial charge in [0.05, 0.1) is 12.6 Å². The standard InChI is InChI=1S/C27H41F2N3O12P2/c1-2-43-24(34)10-5-3-4-6-18-32-21(12-14-23(32)33)11-13-22(27(28,29)20-9-7-16-30-19-20)44-25(35)31-17-8-15-26(36,45(37,38)39)46(40,41)42/h7,9,11,13,16,19,21-22,36H,2-6,8,10,12,14-15,17-18H2,1H3,(H,31,35)(H2,37,38,39)(H2,40,41,42)/b13-11+/t21-,22+/m0/s1. The van der Waals surface area contributed by atoms with Crippen LogP contribution in [0.5, 0.6) is 0 Å². The highest BCUT2D eigenvalue weighted by Crippen LogP contribution is 2.69. The zero-order valence-corrected chi connectivity index (χ0v) is 27.0. The molecule has 1 saturated heterocycles. The Bertz CT molecular complexity index is 1270. The third-order valence-corrected chi connectivity index (χ3v) is 11.1. The molecule has 1 aromatic rings. The number of carbonyl (C=O) groups is 3. The van der Waals surface area contributed by atoms with Crippen LogP contribution in [0.1, 0.15) is 70.3 Å². The summed E-state index contributed by atoms with van der Waals surface area (Å²) < 4.78 is 64.0. The van der Waals surface area contributed by atoms with Crippen LogP contribution < -0.4 is 5.32 Å². The number of carbonyl (C=O) groups excluding carboxylic acids is 3. The first-order valence-corrected chi connectivity index (χ1v) is 17.9. The molecule has 260 valence electrons. The van der Waals surface area contributed by atoms with Crippen molar-refractivity contribution in [2.75, 3.05) is 19.7 Å². The average molecular weight is 700 g/mol. The van der Waals surface area contributed by atoms with E-state index in [9.17, 15) is 48.2 Å². The van der Waals surface area contributed by atoms with Gasteiger partial charge in [-0.2, -0.15) is 8.78 Å². The van der Waals surface area contributed by atoms with Crippen molar-refractivity contribution in [1.82, 2.24) is 15.2 Å². The van der Waals surface area contributed by atoms with E-state index in [0.717, 1.165) is 31.2 Å². The summed E-state index contributed by atoms with van der Waals surface area (Å²) in [4.78, 5) is 78.6. The van der Waals surface area contributed by atoms with Gasteiger partial charge in [0.15, 0.2) is 6.10 Å². The largest absolute Gasteiger partial charge is 0.466 e. The van der Waals surface area contributed by atoms with Crippen LogP contribution in [0.25, 0.3) is 0 Å². The van der Waals surface area contributed by atoms with Crippen molar-refractivity contribution < 1.29 is 66.4 Å². The lowest BCUT2D eigenvalue weighted by Gasteiger charge is -2.29. The van der Waals surface area contributed by atoms with Gasteiger partial charge in [0.25, 0.3) is 5.08 Å². The number of aromatic nitrogens is 1. The summed E-state index contributed by atoms with van der Waals surface area (Å²) in [5, 5.41) is 8.31. The van der Waals surface area contributed by atoms with Crippen molar-refractivity contribution in [2.45, 2.75) is 87.9 Å². The van der Waals surface area contributed by atoms with Gasteiger partial charge in [-0.15, -0.1) is 0 Å². The summed E-state index contributed by atoms with van der Waals surface area (Å²) in [7, 11) is -11.4. The van der Waals surface area contributed by atoms with Crippen molar-refractivity contribution in [2.24, 2.45) is 0 Å². The lowest BCUT2D eigenvalue weighted by Crippen LogP contribution is -2.39. The van der Waals surface area contributed by atoms with Crippen molar-refractivity contribution in [3.05, 3.63) is 42.2 Å². The van der Waals surface area contributed by atoms with E-state index in [4.69, 9.17) is 9.47 Å². The minimum atomic E-state index is -5.71. The molecular weight excluding hydrogens is 658 g/mol. The van der Waals surface area contributed by atoms with Gasteiger partial charge in [0, 0.05) is 50.3 Å². The molecule has 0 unspecified atom stereocenters. The Morgan fingerprint density at radius 2 is 1.83 bits per heavy atom. The number of likely N-dealkylation sites (tertiary alicyclic amines) is 1. The Morgan fingerprint density at radius 1 is 1.15 bits per heavy atom. The maximum absolute atomic E-state index is 15.5. The molecule has 1 fully saturated rings. The van der Waals surface area contributed by atoms with Crippen LogP contribution in [0.3, 0.4) is 0 Å². The molecule has 0 bridgehead atoms. The summed E-state index contributed by atoms with van der Waals surface area (Å²) in [6.07, 6.45) is 2.74. The van der Waals surface area contributed by atoms with Gasteiger partial charge in [0.1, 0.15) is 0 Å². The quantitative estimate of drug-likeness (QED) is 0.0528. The molecule has 15 nitrogen and oxygen atoms in total. The van der Waals surface area contributed by atoms with Crippen LogP contribution in [-0.4, -0.2) is 89.5 Å². The van der Waals surface area contributed by atoms with Gasteiger partial charge in [-0.1, -0.05) is 18.9 Å². The third-order valence-electron chi connectivity index (χ3n) is 7.25.